The van der Waals surface area contributed by atoms with Gasteiger partial charge < -0.3 is 0 Å². The number of hydrogen-bond acceptors (Lipinski definition) is 0. The van der Waals surface area contributed by atoms with Crippen LogP contribution in [0.5, 0.6) is 0 Å². The van der Waals surface area contributed by atoms with Crippen molar-refractivity contribution in [1.82, 2.24) is 0 Å². The Morgan fingerprint density at radius 3 is 2.75 bits per heavy atom. The van der Waals surface area contributed by atoms with Crippen LogP contribution in [-0.2, 0) is 0 Å². The molecular formula is C6H3BrI. The van der Waals surface area contributed by atoms with E-state index in [9.17, 15) is 0 Å². The van der Waals surface area contributed by atoms with Crippen LogP contribution in [0.3, 0.4) is 0 Å². The van der Waals surface area contributed by atoms with Crippen LogP contribution in [0.15, 0.2) is 22.7 Å². The molecule has 0 aromatic heterocycles. The van der Waals surface area contributed by atoms with Gasteiger partial charge in [0.15, 0.2) is 0 Å². The second-order valence-corrected chi connectivity index (χ2v) is 3.36. The van der Waals surface area contributed by atoms with Crippen molar-refractivity contribution in [2.45, 2.75) is 0 Å². The molecule has 2 heteroatoms. The lowest BCUT2D eigenvalue weighted by atomic mass is 10.4. The molecule has 0 amide bonds. The zero-order valence-corrected chi connectivity index (χ0v) is 7.73. The van der Waals surface area contributed by atoms with Gasteiger partial charge in [0, 0.05) is 8.04 Å². The molecule has 0 N–H and O–H groups in total. The Labute approximate surface area is 70.6 Å². The van der Waals surface area contributed by atoms with Gasteiger partial charge in [-0.25, -0.2) is 0 Å². The molecule has 0 spiro atoms. The van der Waals surface area contributed by atoms with Gasteiger partial charge in [0.1, 0.15) is 0 Å². The van der Waals surface area contributed by atoms with Crippen molar-refractivity contribution in [3.8, 4) is 0 Å². The van der Waals surface area contributed by atoms with E-state index in [1.54, 1.807) is 0 Å². The van der Waals surface area contributed by atoms with Crippen molar-refractivity contribution in [3.05, 3.63) is 32.3 Å². The minimum atomic E-state index is 1.14. The van der Waals surface area contributed by atoms with Crippen molar-refractivity contribution in [2.24, 2.45) is 0 Å². The minimum Gasteiger partial charge on any atom is -0.0532 e. The van der Waals surface area contributed by atoms with Crippen LogP contribution in [0.4, 0.5) is 0 Å². The summed E-state index contributed by atoms with van der Waals surface area (Å²) in [6.45, 7) is 0. The first-order chi connectivity index (χ1) is 3.80. The molecule has 0 aliphatic carbocycles. The topological polar surface area (TPSA) is 0 Å². The third kappa shape index (κ3) is 1.45. The Balaban J connectivity index is 3.13. The third-order valence-corrected chi connectivity index (χ3v) is 3.09. The van der Waals surface area contributed by atoms with Crippen molar-refractivity contribution in [1.29, 1.82) is 0 Å². The first-order valence-electron chi connectivity index (χ1n) is 2.12. The van der Waals surface area contributed by atoms with Crippen LogP contribution in [0, 0.1) is 9.64 Å². The van der Waals surface area contributed by atoms with Gasteiger partial charge in [-0.2, -0.15) is 0 Å². The highest BCUT2D eigenvalue weighted by molar-refractivity contribution is 14.1. The Hall–Kier alpha value is 0.430. The van der Waals surface area contributed by atoms with E-state index in [1.807, 2.05) is 18.2 Å². The molecule has 0 unspecified atom stereocenters. The zero-order valence-electron chi connectivity index (χ0n) is 3.99. The molecule has 0 nitrogen and oxygen atoms in total. The molecule has 0 fully saturated rings. The normalized spacial score (nSPS) is 9.25. The molecule has 0 aliphatic heterocycles. The van der Waals surface area contributed by atoms with Crippen molar-refractivity contribution in [2.75, 3.05) is 0 Å². The zero-order chi connectivity index (χ0) is 5.98. The Morgan fingerprint density at radius 2 is 2.38 bits per heavy atom. The third-order valence-electron chi connectivity index (χ3n) is 0.764. The van der Waals surface area contributed by atoms with Crippen LogP contribution in [-0.4, -0.2) is 0 Å². The lowest BCUT2D eigenvalue weighted by Crippen LogP contribution is -1.68. The lowest BCUT2D eigenvalue weighted by molar-refractivity contribution is 1.58. The molecule has 1 rings (SSSR count). The summed E-state index contributed by atoms with van der Waals surface area (Å²) in [6.07, 6.45) is 0. The summed E-state index contributed by atoms with van der Waals surface area (Å²) < 4.78 is 2.34. The molecule has 41 valence electrons. The van der Waals surface area contributed by atoms with E-state index in [-0.39, 0.29) is 0 Å². The van der Waals surface area contributed by atoms with Gasteiger partial charge >= 0.3 is 0 Å². The van der Waals surface area contributed by atoms with Crippen LogP contribution in [0.1, 0.15) is 0 Å². The average molecular weight is 282 g/mol. The number of halogens is 2. The van der Waals surface area contributed by atoms with Gasteiger partial charge in [-0.15, -0.1) is 0 Å². The fourth-order valence-corrected chi connectivity index (χ4v) is 0.997. The molecule has 0 heterocycles. The minimum absolute atomic E-state index is 1.14. The smallest absolute Gasteiger partial charge is 0.0309 e. The monoisotopic (exact) mass is 281 g/mol. The molecule has 8 heavy (non-hydrogen) atoms. The maximum absolute atomic E-state index is 3.37. The molecule has 0 aliphatic rings. The highest BCUT2D eigenvalue weighted by Gasteiger charge is 1.88. The van der Waals surface area contributed by atoms with E-state index < -0.39 is 0 Å². The van der Waals surface area contributed by atoms with Crippen molar-refractivity contribution in [3.63, 3.8) is 0 Å². The highest BCUT2D eigenvalue weighted by Crippen LogP contribution is 2.16. The number of benzene rings is 1. The summed E-state index contributed by atoms with van der Waals surface area (Å²) in [5.74, 6) is 0. The first-order valence-corrected chi connectivity index (χ1v) is 3.99. The van der Waals surface area contributed by atoms with E-state index in [4.69, 9.17) is 0 Å². The van der Waals surface area contributed by atoms with Gasteiger partial charge in [-0.05, 0) is 56.7 Å². The fraction of sp³-hybridized carbons (Fsp3) is 0. The van der Waals surface area contributed by atoms with Gasteiger partial charge in [-0.3, -0.25) is 0 Å². The maximum Gasteiger partial charge on any atom is 0.0309 e. The molecule has 0 atom stereocenters. The predicted molar refractivity (Wildman–Crippen MR) is 45.7 cm³/mol. The standard InChI is InChI=1S/C6H3BrI/c7-5-3-1-2-4-6(5)8/h1,3-4H. The van der Waals surface area contributed by atoms with Gasteiger partial charge in [0.25, 0.3) is 0 Å². The summed E-state index contributed by atoms with van der Waals surface area (Å²) in [7, 11) is 0. The van der Waals surface area contributed by atoms with Crippen molar-refractivity contribution < 1.29 is 0 Å². The summed E-state index contributed by atoms with van der Waals surface area (Å²) in [6, 6.07) is 8.75. The van der Waals surface area contributed by atoms with E-state index in [1.165, 1.54) is 3.57 Å². The second kappa shape index (κ2) is 2.82. The first kappa shape index (κ1) is 6.55. The van der Waals surface area contributed by atoms with Crippen molar-refractivity contribution >= 4 is 38.5 Å². The van der Waals surface area contributed by atoms with Crippen LogP contribution in [0.2, 0.25) is 0 Å². The van der Waals surface area contributed by atoms with E-state index in [0.717, 1.165) is 4.47 Å². The summed E-state index contributed by atoms with van der Waals surface area (Å²) in [5.41, 5.74) is 0. The predicted octanol–water partition coefficient (Wildman–Crippen LogP) is 2.85. The number of rotatable bonds is 0. The average Bonchev–Trinajstić information content (AvgIpc) is 1.77. The van der Waals surface area contributed by atoms with Crippen LogP contribution >= 0.6 is 38.5 Å². The molecule has 0 saturated carbocycles. The van der Waals surface area contributed by atoms with Crippen LogP contribution < -0.4 is 0 Å². The van der Waals surface area contributed by atoms with Gasteiger partial charge in [0.2, 0.25) is 0 Å². The Kier molecular flexibility index (Phi) is 2.31. The molecule has 0 bridgehead atoms. The highest BCUT2D eigenvalue weighted by atomic mass is 127. The number of hydrogen-bond donors (Lipinski definition) is 0. The SMILES string of the molecule is Brc1cc[c]cc1I. The quantitative estimate of drug-likeness (QED) is 0.642. The largest absolute Gasteiger partial charge is 0.0532 e. The lowest BCUT2D eigenvalue weighted by Gasteiger charge is -1.89. The van der Waals surface area contributed by atoms with E-state index in [2.05, 4.69) is 44.6 Å². The van der Waals surface area contributed by atoms with Gasteiger partial charge in [0.05, 0.1) is 0 Å². The van der Waals surface area contributed by atoms with E-state index in [0.29, 0.717) is 0 Å². The fourth-order valence-electron chi connectivity index (χ4n) is 0.391. The molecule has 0 saturated heterocycles. The maximum atomic E-state index is 3.37. The Morgan fingerprint density at radius 1 is 1.62 bits per heavy atom. The molecule has 1 radical (unpaired) electrons. The summed E-state index contributed by atoms with van der Waals surface area (Å²) >= 11 is 5.61. The second-order valence-electron chi connectivity index (χ2n) is 1.34. The molecule has 1 aromatic rings. The summed E-state index contributed by atoms with van der Waals surface area (Å²) in [4.78, 5) is 0. The van der Waals surface area contributed by atoms with Crippen LogP contribution in [0.25, 0.3) is 0 Å². The molecule has 1 aromatic carbocycles. The van der Waals surface area contributed by atoms with E-state index >= 15 is 0 Å². The van der Waals surface area contributed by atoms with Gasteiger partial charge in [-0.1, -0.05) is 6.07 Å². The molecular weight excluding hydrogens is 279 g/mol. The Bertz CT molecular complexity index is 165. The summed E-state index contributed by atoms with van der Waals surface area (Å²) in [5, 5.41) is 0.